The highest BCUT2D eigenvalue weighted by atomic mass is 19.2. The van der Waals surface area contributed by atoms with Gasteiger partial charge in [0, 0.05) is 18.9 Å². The van der Waals surface area contributed by atoms with E-state index in [1.54, 1.807) is 0 Å². The SMILES string of the molecule is CC(C)c1noc(CCNc2c(F)c(F)nc(F)c2F)n1. The highest BCUT2D eigenvalue weighted by Crippen LogP contribution is 2.21. The minimum absolute atomic E-state index is 0.0452. The molecule has 2 aromatic rings. The zero-order chi connectivity index (χ0) is 15.6. The van der Waals surface area contributed by atoms with Gasteiger partial charge in [-0.2, -0.15) is 27.5 Å². The predicted octanol–water partition coefficient (Wildman–Crippen LogP) is 2.80. The number of nitrogens with one attached hydrogen (secondary N) is 1. The first kappa shape index (κ1) is 15.2. The second-order valence-corrected chi connectivity index (χ2v) is 4.57. The van der Waals surface area contributed by atoms with Crippen LogP contribution in [0.15, 0.2) is 4.52 Å². The molecular formula is C12H12F4N4O. The third-order valence-electron chi connectivity index (χ3n) is 2.64. The van der Waals surface area contributed by atoms with E-state index in [2.05, 4.69) is 20.4 Å². The van der Waals surface area contributed by atoms with Gasteiger partial charge in [0.15, 0.2) is 5.82 Å². The smallest absolute Gasteiger partial charge is 0.253 e. The van der Waals surface area contributed by atoms with Gasteiger partial charge in [0.25, 0.3) is 11.9 Å². The molecule has 2 rings (SSSR count). The van der Waals surface area contributed by atoms with Gasteiger partial charge in [-0.3, -0.25) is 0 Å². The van der Waals surface area contributed by atoms with E-state index in [4.69, 9.17) is 4.52 Å². The Morgan fingerprint density at radius 1 is 1.05 bits per heavy atom. The third kappa shape index (κ3) is 3.29. The fraction of sp³-hybridized carbons (Fsp3) is 0.417. The molecule has 9 heteroatoms. The van der Waals surface area contributed by atoms with E-state index in [0.717, 1.165) is 0 Å². The number of pyridine rings is 1. The Morgan fingerprint density at radius 3 is 2.19 bits per heavy atom. The molecule has 0 unspecified atom stereocenters. The first-order valence-corrected chi connectivity index (χ1v) is 6.16. The highest BCUT2D eigenvalue weighted by Gasteiger charge is 2.20. The number of anilines is 1. The summed E-state index contributed by atoms with van der Waals surface area (Å²) in [5.41, 5.74) is -0.913. The Labute approximate surface area is 117 Å². The van der Waals surface area contributed by atoms with E-state index in [0.29, 0.717) is 5.82 Å². The highest BCUT2D eigenvalue weighted by molar-refractivity contribution is 5.45. The van der Waals surface area contributed by atoms with Crippen LogP contribution in [0, 0.1) is 23.5 Å². The molecule has 2 heterocycles. The molecule has 0 fully saturated rings. The lowest BCUT2D eigenvalue weighted by molar-refractivity contribution is 0.373. The number of nitrogens with zero attached hydrogens (tertiary/aromatic N) is 3. The van der Waals surface area contributed by atoms with Gasteiger partial charge >= 0.3 is 0 Å². The number of hydrogen-bond acceptors (Lipinski definition) is 5. The second kappa shape index (κ2) is 6.06. The van der Waals surface area contributed by atoms with Crippen LogP contribution in [0.5, 0.6) is 0 Å². The molecule has 0 bridgehead atoms. The van der Waals surface area contributed by atoms with E-state index in [1.807, 2.05) is 13.8 Å². The number of rotatable bonds is 5. The van der Waals surface area contributed by atoms with Crippen molar-refractivity contribution in [2.24, 2.45) is 0 Å². The molecule has 0 aromatic carbocycles. The van der Waals surface area contributed by atoms with Crippen LogP contribution in [0.4, 0.5) is 23.2 Å². The minimum Gasteiger partial charge on any atom is -0.379 e. The molecule has 1 N–H and O–H groups in total. The molecule has 0 spiro atoms. The largest absolute Gasteiger partial charge is 0.379 e. The van der Waals surface area contributed by atoms with Gasteiger partial charge in [-0.05, 0) is 0 Å². The van der Waals surface area contributed by atoms with Crippen molar-refractivity contribution >= 4 is 5.69 Å². The quantitative estimate of drug-likeness (QED) is 0.680. The van der Waals surface area contributed by atoms with Crippen LogP contribution in [-0.4, -0.2) is 21.7 Å². The molecule has 0 saturated carbocycles. The lowest BCUT2D eigenvalue weighted by Gasteiger charge is -2.07. The molecule has 0 aliphatic heterocycles. The molecular weight excluding hydrogens is 292 g/mol. The standard InChI is InChI=1S/C12H12F4N4O/c1-5(2)12-18-6(21-20-12)3-4-17-9-7(13)10(15)19-11(16)8(9)14/h5H,3-4H2,1-2H3,(H,17,19). The summed E-state index contributed by atoms with van der Waals surface area (Å²) >= 11 is 0. The molecule has 0 aliphatic carbocycles. The van der Waals surface area contributed by atoms with Crippen LogP contribution in [0.1, 0.15) is 31.5 Å². The van der Waals surface area contributed by atoms with Gasteiger partial charge in [-0.25, -0.2) is 0 Å². The summed E-state index contributed by atoms with van der Waals surface area (Å²) in [7, 11) is 0. The molecule has 2 aromatic heterocycles. The minimum atomic E-state index is -1.71. The molecule has 0 amide bonds. The predicted molar refractivity (Wildman–Crippen MR) is 64.6 cm³/mol. The molecule has 0 radical (unpaired) electrons. The Morgan fingerprint density at radius 2 is 1.67 bits per heavy atom. The maximum atomic E-state index is 13.3. The van der Waals surface area contributed by atoms with Crippen LogP contribution < -0.4 is 5.32 Å². The van der Waals surface area contributed by atoms with Crippen LogP contribution >= 0.6 is 0 Å². The van der Waals surface area contributed by atoms with E-state index in [-0.39, 0.29) is 24.8 Å². The molecule has 21 heavy (non-hydrogen) atoms. The van der Waals surface area contributed by atoms with Crippen molar-refractivity contribution in [3.63, 3.8) is 0 Å². The Kier molecular flexibility index (Phi) is 4.39. The zero-order valence-corrected chi connectivity index (χ0v) is 11.3. The fourth-order valence-corrected chi connectivity index (χ4v) is 1.54. The van der Waals surface area contributed by atoms with Gasteiger partial charge in [-0.15, -0.1) is 0 Å². The summed E-state index contributed by atoms with van der Waals surface area (Å²) in [6, 6.07) is 0. The van der Waals surface area contributed by atoms with Crippen LogP contribution in [0.25, 0.3) is 0 Å². The van der Waals surface area contributed by atoms with Crippen molar-refractivity contribution in [3.8, 4) is 0 Å². The first-order chi connectivity index (χ1) is 9.90. The Bertz CT molecular complexity index is 618. The summed E-state index contributed by atoms with van der Waals surface area (Å²) in [6.07, 6.45) is 0.143. The molecule has 0 atom stereocenters. The van der Waals surface area contributed by atoms with E-state index in [9.17, 15) is 17.6 Å². The second-order valence-electron chi connectivity index (χ2n) is 4.57. The van der Waals surface area contributed by atoms with E-state index in [1.165, 1.54) is 0 Å². The van der Waals surface area contributed by atoms with Crippen LogP contribution in [0.2, 0.25) is 0 Å². The Hall–Kier alpha value is -2.19. The summed E-state index contributed by atoms with van der Waals surface area (Å²) < 4.78 is 57.3. The van der Waals surface area contributed by atoms with Crippen molar-refractivity contribution in [3.05, 3.63) is 35.2 Å². The van der Waals surface area contributed by atoms with E-state index < -0.39 is 29.2 Å². The topological polar surface area (TPSA) is 63.8 Å². The summed E-state index contributed by atoms with van der Waals surface area (Å²) in [5, 5.41) is 5.96. The summed E-state index contributed by atoms with van der Waals surface area (Å²) in [6.45, 7) is 3.71. The van der Waals surface area contributed by atoms with Crippen LogP contribution in [-0.2, 0) is 6.42 Å². The summed E-state index contributed by atoms with van der Waals surface area (Å²) in [5.74, 6) is -5.75. The number of aromatic nitrogens is 3. The Balaban J connectivity index is 2.03. The lowest BCUT2D eigenvalue weighted by Crippen LogP contribution is -2.12. The molecule has 5 nitrogen and oxygen atoms in total. The number of halogens is 4. The zero-order valence-electron chi connectivity index (χ0n) is 11.3. The van der Waals surface area contributed by atoms with E-state index >= 15 is 0 Å². The molecule has 114 valence electrons. The van der Waals surface area contributed by atoms with Gasteiger partial charge < -0.3 is 9.84 Å². The van der Waals surface area contributed by atoms with Crippen molar-refractivity contribution in [2.75, 3.05) is 11.9 Å². The van der Waals surface area contributed by atoms with Crippen LogP contribution in [0.3, 0.4) is 0 Å². The van der Waals surface area contributed by atoms with Crippen molar-refractivity contribution in [2.45, 2.75) is 26.2 Å². The third-order valence-corrected chi connectivity index (χ3v) is 2.64. The normalized spacial score (nSPS) is 11.2. The summed E-state index contributed by atoms with van der Waals surface area (Å²) in [4.78, 5) is 6.51. The maximum absolute atomic E-state index is 13.3. The van der Waals surface area contributed by atoms with Gasteiger partial charge in [0.05, 0.1) is 0 Å². The number of hydrogen-bond donors (Lipinski definition) is 1. The van der Waals surface area contributed by atoms with Crippen molar-refractivity contribution in [1.29, 1.82) is 0 Å². The monoisotopic (exact) mass is 304 g/mol. The maximum Gasteiger partial charge on any atom is 0.253 e. The fourth-order valence-electron chi connectivity index (χ4n) is 1.54. The van der Waals surface area contributed by atoms with Gasteiger partial charge in [0.1, 0.15) is 5.69 Å². The average Bonchev–Trinajstić information content (AvgIpc) is 2.89. The van der Waals surface area contributed by atoms with Gasteiger partial charge in [-0.1, -0.05) is 19.0 Å². The van der Waals surface area contributed by atoms with Gasteiger partial charge in [0.2, 0.25) is 17.5 Å². The van der Waals surface area contributed by atoms with Crippen molar-refractivity contribution < 1.29 is 22.1 Å². The molecule has 0 aliphatic rings. The molecule has 0 saturated heterocycles. The lowest BCUT2D eigenvalue weighted by atomic mass is 10.2. The first-order valence-electron chi connectivity index (χ1n) is 6.16. The van der Waals surface area contributed by atoms with Crippen molar-refractivity contribution in [1.82, 2.24) is 15.1 Å². The average molecular weight is 304 g/mol.